The summed E-state index contributed by atoms with van der Waals surface area (Å²) in [5, 5.41) is 0. The fraction of sp³-hybridized carbons (Fsp3) is 0.286. The summed E-state index contributed by atoms with van der Waals surface area (Å²) in [6.07, 6.45) is 4.98. The number of hydrogen-bond donors (Lipinski definition) is 0. The van der Waals surface area contributed by atoms with Crippen molar-refractivity contribution in [1.29, 1.82) is 0 Å². The van der Waals surface area contributed by atoms with Gasteiger partial charge in [0.25, 0.3) is 5.91 Å². The molecule has 126 valence electrons. The molecule has 2 aliphatic rings. The lowest BCUT2D eigenvalue weighted by Gasteiger charge is -2.32. The molecule has 4 rings (SSSR count). The first-order valence-electron chi connectivity index (χ1n) is 8.75. The van der Waals surface area contributed by atoms with Crippen molar-refractivity contribution in [3.05, 3.63) is 64.7 Å². The number of benzene rings is 2. The molecule has 1 amide bonds. The van der Waals surface area contributed by atoms with Crippen LogP contribution in [0.1, 0.15) is 51.1 Å². The van der Waals surface area contributed by atoms with E-state index in [1.807, 2.05) is 54.4 Å². The number of carbonyl (C=O) groups is 2. The van der Waals surface area contributed by atoms with Crippen LogP contribution in [-0.2, 0) is 0 Å². The molecule has 0 saturated carbocycles. The van der Waals surface area contributed by atoms with Crippen molar-refractivity contribution in [2.75, 3.05) is 6.54 Å². The number of amides is 1. The van der Waals surface area contributed by atoms with Gasteiger partial charge in [0.2, 0.25) is 0 Å². The van der Waals surface area contributed by atoms with Crippen LogP contribution in [0.15, 0.2) is 47.5 Å². The number of carbonyl (C=O) groups excluding carboxylic acids is 2. The first-order chi connectivity index (χ1) is 12.1. The molecule has 0 unspecified atom stereocenters. The number of aryl methyl sites for hydroxylation is 1. The first kappa shape index (κ1) is 15.8. The van der Waals surface area contributed by atoms with E-state index < -0.39 is 0 Å². The van der Waals surface area contributed by atoms with Gasteiger partial charge in [0.15, 0.2) is 5.78 Å². The van der Waals surface area contributed by atoms with Gasteiger partial charge in [-0.2, -0.15) is 0 Å². The highest BCUT2D eigenvalue weighted by Gasteiger charge is 2.30. The van der Waals surface area contributed by atoms with Crippen LogP contribution in [0.2, 0.25) is 0 Å². The SMILES string of the molecule is Cc1cc2c(cc1C(=O)c1ccccc1)N=C[C@@H]1CCCCN1C2=O. The topological polar surface area (TPSA) is 49.7 Å². The lowest BCUT2D eigenvalue weighted by Crippen LogP contribution is -2.43. The minimum absolute atomic E-state index is 0.0269. The molecule has 0 N–H and O–H groups in total. The third-order valence-electron chi connectivity index (χ3n) is 5.05. The number of piperidine rings is 1. The highest BCUT2D eigenvalue weighted by atomic mass is 16.2. The van der Waals surface area contributed by atoms with Gasteiger partial charge in [-0.05, 0) is 43.9 Å². The Hall–Kier alpha value is -2.75. The minimum Gasteiger partial charge on any atom is -0.331 e. The Bertz CT molecular complexity index is 871. The van der Waals surface area contributed by atoms with Gasteiger partial charge in [-0.15, -0.1) is 0 Å². The highest BCUT2D eigenvalue weighted by molar-refractivity contribution is 6.12. The molecule has 0 aromatic heterocycles. The lowest BCUT2D eigenvalue weighted by molar-refractivity contribution is 0.0688. The molecule has 0 radical (unpaired) electrons. The van der Waals surface area contributed by atoms with Crippen molar-refractivity contribution in [2.45, 2.75) is 32.2 Å². The first-order valence-corrected chi connectivity index (χ1v) is 8.75. The standard InChI is InChI=1S/C21H20N2O2/c1-14-11-18-19(12-17(14)20(24)15-7-3-2-4-8-15)22-13-16-9-5-6-10-23(16)21(18)25/h2-4,7-8,11-13,16H,5-6,9-10H2,1H3/t16-/m0/s1. The zero-order chi connectivity index (χ0) is 17.4. The molecule has 1 saturated heterocycles. The maximum Gasteiger partial charge on any atom is 0.256 e. The Balaban J connectivity index is 1.78. The fourth-order valence-electron chi connectivity index (χ4n) is 3.65. The normalized spacial score (nSPS) is 19.2. The van der Waals surface area contributed by atoms with Crippen LogP contribution >= 0.6 is 0 Å². The van der Waals surface area contributed by atoms with E-state index in [0.29, 0.717) is 22.4 Å². The number of fused-ring (bicyclic) bond motifs is 2. The number of aliphatic imine (C=N–C) groups is 1. The summed E-state index contributed by atoms with van der Waals surface area (Å²) in [6, 6.07) is 12.9. The van der Waals surface area contributed by atoms with Crippen LogP contribution in [0.25, 0.3) is 0 Å². The van der Waals surface area contributed by atoms with Crippen LogP contribution in [0.3, 0.4) is 0 Å². The van der Waals surface area contributed by atoms with Crippen LogP contribution < -0.4 is 0 Å². The van der Waals surface area contributed by atoms with Gasteiger partial charge in [0, 0.05) is 23.9 Å². The van der Waals surface area contributed by atoms with Gasteiger partial charge >= 0.3 is 0 Å². The Labute approximate surface area is 147 Å². The van der Waals surface area contributed by atoms with Gasteiger partial charge < -0.3 is 4.90 Å². The van der Waals surface area contributed by atoms with Gasteiger partial charge in [-0.25, -0.2) is 0 Å². The zero-order valence-corrected chi connectivity index (χ0v) is 14.2. The average Bonchev–Trinajstić information content (AvgIpc) is 2.79. The summed E-state index contributed by atoms with van der Waals surface area (Å²) in [5.41, 5.74) is 3.26. The molecular formula is C21H20N2O2. The van der Waals surface area contributed by atoms with Crippen molar-refractivity contribution >= 4 is 23.6 Å². The van der Waals surface area contributed by atoms with Crippen LogP contribution in [0, 0.1) is 6.92 Å². The lowest BCUT2D eigenvalue weighted by atomic mass is 9.95. The van der Waals surface area contributed by atoms with Crippen LogP contribution in [0.4, 0.5) is 5.69 Å². The van der Waals surface area contributed by atoms with Crippen molar-refractivity contribution in [1.82, 2.24) is 4.90 Å². The zero-order valence-electron chi connectivity index (χ0n) is 14.2. The van der Waals surface area contributed by atoms with Crippen LogP contribution in [0.5, 0.6) is 0 Å². The molecule has 1 atom stereocenters. The van der Waals surface area contributed by atoms with Gasteiger partial charge in [0.05, 0.1) is 17.3 Å². The highest BCUT2D eigenvalue weighted by Crippen LogP contribution is 2.31. The van der Waals surface area contributed by atoms with Crippen LogP contribution in [-0.4, -0.2) is 35.4 Å². The monoisotopic (exact) mass is 332 g/mol. The summed E-state index contributed by atoms with van der Waals surface area (Å²) in [4.78, 5) is 32.2. The fourth-order valence-corrected chi connectivity index (χ4v) is 3.65. The van der Waals surface area contributed by atoms with E-state index in [1.54, 1.807) is 6.07 Å². The third kappa shape index (κ3) is 2.78. The summed E-state index contributed by atoms with van der Waals surface area (Å²) in [7, 11) is 0. The van der Waals surface area contributed by atoms with Crippen molar-refractivity contribution in [3.8, 4) is 0 Å². The second kappa shape index (κ2) is 6.28. The predicted octanol–water partition coefficient (Wildman–Crippen LogP) is 3.94. The predicted molar refractivity (Wildman–Crippen MR) is 97.9 cm³/mol. The number of nitrogens with zero attached hydrogens (tertiary/aromatic N) is 2. The Kier molecular flexibility index (Phi) is 3.96. The molecule has 2 aliphatic heterocycles. The molecule has 2 aromatic carbocycles. The van der Waals surface area contributed by atoms with Gasteiger partial charge in [-0.1, -0.05) is 30.3 Å². The molecule has 0 bridgehead atoms. The summed E-state index contributed by atoms with van der Waals surface area (Å²) >= 11 is 0. The van der Waals surface area contributed by atoms with E-state index in [2.05, 4.69) is 4.99 Å². The summed E-state index contributed by atoms with van der Waals surface area (Å²) in [6.45, 7) is 2.66. The molecule has 2 aromatic rings. The molecule has 4 heteroatoms. The van der Waals surface area contributed by atoms with Crippen molar-refractivity contribution < 1.29 is 9.59 Å². The summed E-state index contributed by atoms with van der Waals surface area (Å²) in [5.74, 6) is -0.00970. The smallest absolute Gasteiger partial charge is 0.256 e. The number of hydrogen-bond acceptors (Lipinski definition) is 3. The van der Waals surface area contributed by atoms with E-state index in [1.165, 1.54) is 0 Å². The second-order valence-corrected chi connectivity index (χ2v) is 6.72. The Morgan fingerprint density at radius 2 is 1.96 bits per heavy atom. The molecule has 4 nitrogen and oxygen atoms in total. The molecular weight excluding hydrogens is 312 g/mol. The largest absolute Gasteiger partial charge is 0.331 e. The second-order valence-electron chi connectivity index (χ2n) is 6.72. The van der Waals surface area contributed by atoms with Crippen molar-refractivity contribution in [2.24, 2.45) is 4.99 Å². The van der Waals surface area contributed by atoms with E-state index >= 15 is 0 Å². The third-order valence-corrected chi connectivity index (χ3v) is 5.05. The summed E-state index contributed by atoms with van der Waals surface area (Å²) < 4.78 is 0. The maximum absolute atomic E-state index is 12.9. The molecule has 1 fully saturated rings. The molecule has 25 heavy (non-hydrogen) atoms. The molecule has 0 spiro atoms. The van der Waals surface area contributed by atoms with Gasteiger partial charge in [-0.3, -0.25) is 14.6 Å². The molecule has 2 heterocycles. The number of ketones is 1. The van der Waals surface area contributed by atoms with Crippen molar-refractivity contribution in [3.63, 3.8) is 0 Å². The van der Waals surface area contributed by atoms with E-state index in [9.17, 15) is 9.59 Å². The van der Waals surface area contributed by atoms with Gasteiger partial charge in [0.1, 0.15) is 0 Å². The van der Waals surface area contributed by atoms with E-state index in [0.717, 1.165) is 31.4 Å². The Morgan fingerprint density at radius 3 is 2.76 bits per heavy atom. The minimum atomic E-state index is -0.0366. The molecule has 0 aliphatic carbocycles. The van der Waals surface area contributed by atoms with E-state index in [-0.39, 0.29) is 17.7 Å². The van der Waals surface area contributed by atoms with E-state index in [4.69, 9.17) is 0 Å². The average molecular weight is 332 g/mol. The maximum atomic E-state index is 12.9. The quantitative estimate of drug-likeness (QED) is 0.782. The Morgan fingerprint density at radius 1 is 1.16 bits per heavy atom. The number of rotatable bonds is 2.